The Balaban J connectivity index is 1.22. The maximum absolute atomic E-state index is 2.54. The molecule has 0 bridgehead atoms. The van der Waals surface area contributed by atoms with Crippen LogP contribution in [0.25, 0.3) is 38.6 Å². The zero-order valence-electron chi connectivity index (χ0n) is 27.8. The first-order chi connectivity index (χ1) is 22.1. The predicted molar refractivity (Wildman–Crippen MR) is 197 cm³/mol. The van der Waals surface area contributed by atoms with Crippen molar-refractivity contribution in [3.8, 4) is 16.8 Å². The Hall–Kier alpha value is -4.82. The number of nitrogens with zero attached hydrogens (tertiary/aromatic N) is 2. The Kier molecular flexibility index (Phi) is 6.45. The summed E-state index contributed by atoms with van der Waals surface area (Å²) in [5.41, 5.74) is 13.0. The molecule has 0 amide bonds. The monoisotopic (exact) mass is 598 g/mol. The van der Waals surface area contributed by atoms with Gasteiger partial charge in [-0.2, -0.15) is 0 Å². The fourth-order valence-electron chi connectivity index (χ4n) is 7.53. The first-order valence-electron chi connectivity index (χ1n) is 16.6. The topological polar surface area (TPSA) is 8.17 Å². The number of rotatable bonds is 3. The molecule has 2 atom stereocenters. The van der Waals surface area contributed by atoms with Crippen molar-refractivity contribution < 1.29 is 0 Å². The van der Waals surface area contributed by atoms with Gasteiger partial charge in [0.25, 0.3) is 0 Å². The minimum Gasteiger partial charge on any atom is -0.333 e. The second kappa shape index (κ2) is 10.4. The van der Waals surface area contributed by atoms with Gasteiger partial charge in [0, 0.05) is 33.8 Å². The number of fused-ring (bicyclic) bond motifs is 6. The standard InChI is InChI=1S/C44H42N2/c1-43(2,3)31-21-23-41-37(27-31)35-17-7-9-19-39(35)45(41)33-15-11-13-29(25-33)30-14-12-16-34(26-30)46-40-20-10-8-18-36(40)38-28-32(44(4,5)6)22-24-42(38)46/h7-28,37,41H,1-6H3. The Morgan fingerprint density at radius 3 is 2.00 bits per heavy atom. The predicted octanol–water partition coefficient (Wildman–Crippen LogP) is 11.9. The molecular weight excluding hydrogens is 556 g/mol. The molecule has 2 heterocycles. The van der Waals surface area contributed by atoms with Crippen LogP contribution < -0.4 is 4.90 Å². The molecule has 0 spiro atoms. The van der Waals surface area contributed by atoms with Gasteiger partial charge in [0.15, 0.2) is 0 Å². The van der Waals surface area contributed by atoms with Crippen LogP contribution in [0.2, 0.25) is 0 Å². The molecule has 1 aliphatic carbocycles. The molecule has 1 aliphatic heterocycles. The summed E-state index contributed by atoms with van der Waals surface area (Å²) in [7, 11) is 0. The quantitative estimate of drug-likeness (QED) is 0.197. The van der Waals surface area contributed by atoms with Gasteiger partial charge in [-0.15, -0.1) is 0 Å². The lowest BCUT2D eigenvalue weighted by Crippen LogP contribution is -2.30. The Morgan fingerprint density at radius 1 is 0.565 bits per heavy atom. The van der Waals surface area contributed by atoms with E-state index in [2.05, 4.69) is 184 Å². The maximum Gasteiger partial charge on any atom is 0.0629 e. The molecule has 2 aliphatic rings. The van der Waals surface area contributed by atoms with Crippen molar-refractivity contribution in [2.24, 2.45) is 5.41 Å². The molecule has 6 aromatic rings. The van der Waals surface area contributed by atoms with Gasteiger partial charge in [0.1, 0.15) is 0 Å². The first kappa shape index (κ1) is 28.6. The molecule has 8 rings (SSSR count). The molecule has 2 heteroatoms. The van der Waals surface area contributed by atoms with Crippen LogP contribution in [0.1, 0.15) is 58.6 Å². The first-order valence-corrected chi connectivity index (χ1v) is 16.6. The van der Waals surface area contributed by atoms with Gasteiger partial charge in [-0.1, -0.05) is 127 Å². The van der Waals surface area contributed by atoms with E-state index in [-0.39, 0.29) is 16.9 Å². The second-order valence-corrected chi connectivity index (χ2v) is 15.1. The zero-order chi connectivity index (χ0) is 31.8. The minimum absolute atomic E-state index is 0.0940. The van der Waals surface area contributed by atoms with E-state index in [1.165, 1.54) is 66.7 Å². The summed E-state index contributed by atoms with van der Waals surface area (Å²) in [6, 6.07) is 43.2. The summed E-state index contributed by atoms with van der Waals surface area (Å²) in [4.78, 5) is 2.54. The zero-order valence-corrected chi connectivity index (χ0v) is 27.8. The molecule has 2 nitrogen and oxygen atoms in total. The highest BCUT2D eigenvalue weighted by Gasteiger charge is 2.39. The van der Waals surface area contributed by atoms with Crippen LogP contribution in [0, 0.1) is 5.41 Å². The van der Waals surface area contributed by atoms with Gasteiger partial charge >= 0.3 is 0 Å². The summed E-state index contributed by atoms with van der Waals surface area (Å²) in [5.74, 6) is 0.344. The van der Waals surface area contributed by atoms with Crippen LogP contribution in [-0.4, -0.2) is 10.6 Å². The minimum atomic E-state index is 0.0940. The van der Waals surface area contributed by atoms with Crippen molar-refractivity contribution in [3.63, 3.8) is 0 Å². The molecule has 0 radical (unpaired) electrons. The summed E-state index contributed by atoms with van der Waals surface area (Å²) in [6.07, 6.45) is 7.28. The van der Waals surface area contributed by atoms with Crippen LogP contribution in [0.15, 0.2) is 139 Å². The lowest BCUT2D eigenvalue weighted by atomic mass is 9.78. The summed E-state index contributed by atoms with van der Waals surface area (Å²) in [6.45, 7) is 13.8. The van der Waals surface area contributed by atoms with E-state index in [0.29, 0.717) is 5.92 Å². The highest BCUT2D eigenvalue weighted by atomic mass is 15.2. The third-order valence-electron chi connectivity index (χ3n) is 10.0. The average Bonchev–Trinajstić information content (AvgIpc) is 3.56. The van der Waals surface area contributed by atoms with Crippen molar-refractivity contribution in [1.82, 2.24) is 4.57 Å². The SMILES string of the molecule is CC(C)(C)C1=CC2c3ccccc3N(c3cccc(-c4cccc(-n5c6ccccc6c6cc(C(C)(C)C)ccc65)c4)c3)C2C=C1. The molecule has 5 aromatic carbocycles. The van der Waals surface area contributed by atoms with E-state index in [9.17, 15) is 0 Å². The van der Waals surface area contributed by atoms with E-state index in [4.69, 9.17) is 0 Å². The fraction of sp³-hybridized carbons (Fsp3) is 0.227. The maximum atomic E-state index is 2.54. The molecule has 2 unspecified atom stereocenters. The Bertz CT molecular complexity index is 2190. The van der Waals surface area contributed by atoms with E-state index in [0.717, 1.165) is 0 Å². The van der Waals surface area contributed by atoms with Crippen LogP contribution in [0.5, 0.6) is 0 Å². The molecule has 0 saturated carbocycles. The second-order valence-electron chi connectivity index (χ2n) is 15.1. The van der Waals surface area contributed by atoms with Gasteiger partial charge < -0.3 is 9.47 Å². The molecule has 0 N–H and O–H groups in total. The lowest BCUT2D eigenvalue weighted by Gasteiger charge is -2.32. The number of hydrogen-bond acceptors (Lipinski definition) is 1. The summed E-state index contributed by atoms with van der Waals surface area (Å²) in [5, 5.41) is 2.60. The average molecular weight is 599 g/mol. The van der Waals surface area contributed by atoms with Crippen molar-refractivity contribution in [2.75, 3.05) is 4.90 Å². The van der Waals surface area contributed by atoms with Gasteiger partial charge in [0.2, 0.25) is 0 Å². The number of aromatic nitrogens is 1. The highest BCUT2D eigenvalue weighted by molar-refractivity contribution is 6.09. The molecule has 0 saturated heterocycles. The largest absolute Gasteiger partial charge is 0.333 e. The van der Waals surface area contributed by atoms with Gasteiger partial charge in [-0.3, -0.25) is 0 Å². The van der Waals surface area contributed by atoms with Crippen LogP contribution in [-0.2, 0) is 5.41 Å². The number of anilines is 2. The summed E-state index contributed by atoms with van der Waals surface area (Å²) >= 11 is 0. The molecule has 46 heavy (non-hydrogen) atoms. The van der Waals surface area contributed by atoms with Crippen molar-refractivity contribution in [3.05, 3.63) is 150 Å². The molecule has 228 valence electrons. The van der Waals surface area contributed by atoms with E-state index < -0.39 is 0 Å². The normalized spacial score (nSPS) is 17.8. The highest BCUT2D eigenvalue weighted by Crippen LogP contribution is 2.50. The van der Waals surface area contributed by atoms with E-state index in [1.54, 1.807) is 0 Å². The van der Waals surface area contributed by atoms with Crippen molar-refractivity contribution >= 4 is 33.2 Å². The van der Waals surface area contributed by atoms with Crippen LogP contribution in [0.3, 0.4) is 0 Å². The van der Waals surface area contributed by atoms with Gasteiger partial charge in [-0.05, 0) is 87.2 Å². The Labute approximate surface area is 273 Å². The van der Waals surface area contributed by atoms with Gasteiger partial charge in [0.05, 0.1) is 17.1 Å². The van der Waals surface area contributed by atoms with Crippen molar-refractivity contribution in [2.45, 2.75) is 58.9 Å². The third-order valence-corrected chi connectivity index (χ3v) is 10.0. The third kappa shape index (κ3) is 4.62. The van der Waals surface area contributed by atoms with Gasteiger partial charge in [-0.25, -0.2) is 0 Å². The van der Waals surface area contributed by atoms with Crippen LogP contribution in [0.4, 0.5) is 11.4 Å². The fourth-order valence-corrected chi connectivity index (χ4v) is 7.53. The molecule has 0 fully saturated rings. The van der Waals surface area contributed by atoms with E-state index >= 15 is 0 Å². The number of benzene rings is 5. The number of allylic oxidation sites excluding steroid dienone is 2. The Morgan fingerprint density at radius 2 is 1.24 bits per heavy atom. The van der Waals surface area contributed by atoms with Crippen molar-refractivity contribution in [1.29, 1.82) is 0 Å². The molecular formula is C44H42N2. The number of para-hydroxylation sites is 2. The number of hydrogen-bond donors (Lipinski definition) is 0. The van der Waals surface area contributed by atoms with Crippen LogP contribution >= 0.6 is 0 Å². The molecule has 1 aromatic heterocycles. The smallest absolute Gasteiger partial charge is 0.0629 e. The lowest BCUT2D eigenvalue weighted by molar-refractivity contribution is 0.507. The summed E-state index contributed by atoms with van der Waals surface area (Å²) < 4.78 is 2.43. The van der Waals surface area contributed by atoms with E-state index in [1.807, 2.05) is 0 Å².